The normalized spacial score (nSPS) is 29.7. The van der Waals surface area contributed by atoms with Crippen molar-refractivity contribution in [3.05, 3.63) is 12.7 Å². The van der Waals surface area contributed by atoms with Crippen LogP contribution in [-0.4, -0.2) is 23.8 Å². The highest BCUT2D eigenvalue weighted by atomic mass is 19.3. The van der Waals surface area contributed by atoms with Crippen molar-refractivity contribution in [2.75, 3.05) is 0 Å². The Morgan fingerprint density at radius 1 is 1.79 bits per heavy atom. The first-order chi connectivity index (χ1) is 6.41. The molecule has 1 saturated carbocycles. The topological polar surface area (TPSA) is 46.5 Å². The minimum absolute atomic E-state index is 0.346. The molecule has 0 amide bonds. The molecule has 1 aliphatic rings. The number of carbonyl (C=O) groups is 1. The maximum absolute atomic E-state index is 11.8. The first kappa shape index (κ1) is 11.1. The van der Waals surface area contributed by atoms with E-state index in [1.807, 2.05) is 0 Å². The summed E-state index contributed by atoms with van der Waals surface area (Å²) >= 11 is 0. The fourth-order valence-corrected chi connectivity index (χ4v) is 1.48. The van der Waals surface area contributed by atoms with Crippen LogP contribution in [0.15, 0.2) is 12.7 Å². The molecular formula is C9H12F2O3. The maximum atomic E-state index is 11.8. The molecule has 0 heterocycles. The number of hydrogen-bond acceptors (Lipinski definition) is 2. The molecule has 0 aromatic rings. The molecule has 0 bridgehead atoms. The first-order valence-electron chi connectivity index (χ1n) is 4.22. The van der Waals surface area contributed by atoms with Crippen LogP contribution in [0.1, 0.15) is 13.3 Å². The second-order valence-electron chi connectivity index (χ2n) is 3.57. The smallest absolute Gasteiger partial charge is 0.345 e. The highest BCUT2D eigenvalue weighted by Gasteiger charge is 2.54. The molecule has 1 N–H and O–H groups in total. The summed E-state index contributed by atoms with van der Waals surface area (Å²) in [7, 11) is 0. The van der Waals surface area contributed by atoms with Crippen molar-refractivity contribution >= 4 is 5.97 Å². The van der Waals surface area contributed by atoms with Crippen molar-refractivity contribution in [2.45, 2.75) is 26.1 Å². The van der Waals surface area contributed by atoms with Gasteiger partial charge < -0.3 is 9.84 Å². The zero-order valence-corrected chi connectivity index (χ0v) is 7.74. The molecule has 1 rings (SSSR count). The van der Waals surface area contributed by atoms with Crippen molar-refractivity contribution in [1.29, 1.82) is 0 Å². The molecule has 0 aliphatic heterocycles. The average Bonchev–Trinajstić information content (AvgIpc) is 2.81. The monoisotopic (exact) mass is 206 g/mol. The quantitative estimate of drug-likeness (QED) is 0.699. The van der Waals surface area contributed by atoms with E-state index in [1.54, 1.807) is 0 Å². The van der Waals surface area contributed by atoms with E-state index in [4.69, 9.17) is 5.11 Å². The van der Waals surface area contributed by atoms with E-state index < -0.39 is 30.0 Å². The average molecular weight is 206 g/mol. The van der Waals surface area contributed by atoms with Crippen molar-refractivity contribution in [3.8, 4) is 0 Å². The maximum Gasteiger partial charge on any atom is 0.345 e. The lowest BCUT2D eigenvalue weighted by molar-refractivity contribution is -0.155. The molecule has 1 aliphatic carbocycles. The van der Waals surface area contributed by atoms with Crippen LogP contribution in [0, 0.1) is 11.3 Å². The third-order valence-electron chi connectivity index (χ3n) is 2.66. The molecule has 0 spiro atoms. The molecule has 2 unspecified atom stereocenters. The Hall–Kier alpha value is -0.970. The Balaban J connectivity index is 2.59. The van der Waals surface area contributed by atoms with Crippen LogP contribution in [0.5, 0.6) is 0 Å². The lowest BCUT2D eigenvalue weighted by Crippen LogP contribution is -2.29. The van der Waals surface area contributed by atoms with Crippen LogP contribution in [0.3, 0.4) is 0 Å². The van der Waals surface area contributed by atoms with Gasteiger partial charge in [-0.05, 0) is 13.3 Å². The molecule has 1 fully saturated rings. The minimum Gasteiger partial charge on any atom is -0.481 e. The lowest BCUT2D eigenvalue weighted by atomic mass is 9.85. The molecule has 0 saturated heterocycles. The summed E-state index contributed by atoms with van der Waals surface area (Å²) in [6, 6.07) is 0. The number of rotatable bonds is 5. The van der Waals surface area contributed by atoms with Gasteiger partial charge in [-0.25, -0.2) is 0 Å². The molecule has 3 atom stereocenters. The lowest BCUT2D eigenvalue weighted by Gasteiger charge is -2.20. The summed E-state index contributed by atoms with van der Waals surface area (Å²) in [4.78, 5) is 10.9. The van der Waals surface area contributed by atoms with E-state index in [0.717, 1.165) is 0 Å². The van der Waals surface area contributed by atoms with Crippen molar-refractivity contribution in [1.82, 2.24) is 0 Å². The van der Waals surface area contributed by atoms with Crippen LogP contribution < -0.4 is 0 Å². The number of carboxylic acids is 1. The summed E-state index contributed by atoms with van der Waals surface area (Å²) in [5.41, 5.74) is -1.17. The zero-order chi connectivity index (χ0) is 10.9. The third kappa shape index (κ3) is 1.92. The predicted molar refractivity (Wildman–Crippen MR) is 44.9 cm³/mol. The van der Waals surface area contributed by atoms with E-state index in [9.17, 15) is 13.6 Å². The number of aliphatic carboxylic acids is 1. The number of ether oxygens (including phenoxy) is 1. The molecule has 80 valence electrons. The molecule has 14 heavy (non-hydrogen) atoms. The Bertz CT molecular complexity index is 254. The third-order valence-corrected chi connectivity index (χ3v) is 2.66. The molecule has 3 nitrogen and oxygen atoms in total. The van der Waals surface area contributed by atoms with Gasteiger partial charge in [0.15, 0.2) is 0 Å². The van der Waals surface area contributed by atoms with Crippen LogP contribution in [0.4, 0.5) is 8.78 Å². The van der Waals surface area contributed by atoms with Crippen LogP contribution in [0.25, 0.3) is 0 Å². The summed E-state index contributed by atoms with van der Waals surface area (Å²) < 4.78 is 27.8. The molecule has 0 aromatic heterocycles. The van der Waals surface area contributed by atoms with E-state index in [1.165, 1.54) is 13.0 Å². The standard InChI is InChI=1S/C9H12F2O3/c1-3-9(2,7(12)13)5-4-6(5)14-8(10)11/h3,5-6,8H,1,4H2,2H3,(H,12,13)/t5?,6?,9-/m1/s1. The Labute approximate surface area is 80.4 Å². The van der Waals surface area contributed by atoms with Gasteiger partial charge in [0.25, 0.3) is 0 Å². The fourth-order valence-electron chi connectivity index (χ4n) is 1.48. The Morgan fingerprint density at radius 3 is 2.71 bits per heavy atom. The van der Waals surface area contributed by atoms with E-state index >= 15 is 0 Å². The first-order valence-corrected chi connectivity index (χ1v) is 4.22. The van der Waals surface area contributed by atoms with Gasteiger partial charge in [-0.2, -0.15) is 8.78 Å². The molecule has 0 radical (unpaired) electrons. The Kier molecular flexibility index (Phi) is 2.89. The van der Waals surface area contributed by atoms with Gasteiger partial charge in [-0.15, -0.1) is 6.58 Å². The largest absolute Gasteiger partial charge is 0.481 e. The van der Waals surface area contributed by atoms with Crippen LogP contribution >= 0.6 is 0 Å². The van der Waals surface area contributed by atoms with Gasteiger partial charge in [0, 0.05) is 5.92 Å². The van der Waals surface area contributed by atoms with E-state index in [-0.39, 0.29) is 0 Å². The molecular weight excluding hydrogens is 194 g/mol. The number of carboxylic acid groups (broad SMARTS) is 1. The van der Waals surface area contributed by atoms with Gasteiger partial charge in [-0.3, -0.25) is 4.79 Å². The zero-order valence-electron chi connectivity index (χ0n) is 7.74. The van der Waals surface area contributed by atoms with Gasteiger partial charge >= 0.3 is 12.6 Å². The molecule has 5 heteroatoms. The highest BCUT2D eigenvalue weighted by Crippen LogP contribution is 2.49. The summed E-state index contributed by atoms with van der Waals surface area (Å²) in [6.07, 6.45) is 0.961. The minimum atomic E-state index is -2.84. The number of halogens is 2. The summed E-state index contributed by atoms with van der Waals surface area (Å²) in [5.74, 6) is -1.45. The summed E-state index contributed by atoms with van der Waals surface area (Å²) in [5, 5.41) is 8.88. The highest BCUT2D eigenvalue weighted by molar-refractivity contribution is 5.77. The van der Waals surface area contributed by atoms with Crippen LogP contribution in [0.2, 0.25) is 0 Å². The second kappa shape index (κ2) is 3.65. The van der Waals surface area contributed by atoms with Gasteiger partial charge in [0.2, 0.25) is 0 Å². The van der Waals surface area contributed by atoms with Crippen LogP contribution in [-0.2, 0) is 9.53 Å². The van der Waals surface area contributed by atoms with Crippen molar-refractivity contribution < 1.29 is 23.4 Å². The Morgan fingerprint density at radius 2 is 2.36 bits per heavy atom. The predicted octanol–water partition coefficient (Wildman–Crippen LogP) is 1.89. The number of hydrogen-bond donors (Lipinski definition) is 1. The SMILES string of the molecule is C=C[C@@](C)(C(=O)O)C1CC1OC(F)F. The van der Waals surface area contributed by atoms with E-state index in [0.29, 0.717) is 6.42 Å². The van der Waals surface area contributed by atoms with Gasteiger partial charge in [-0.1, -0.05) is 6.08 Å². The molecule has 0 aromatic carbocycles. The van der Waals surface area contributed by atoms with Gasteiger partial charge in [0.05, 0.1) is 11.5 Å². The summed E-state index contributed by atoms with van der Waals surface area (Å²) in [6.45, 7) is 2.03. The van der Waals surface area contributed by atoms with Crippen molar-refractivity contribution in [2.24, 2.45) is 11.3 Å². The van der Waals surface area contributed by atoms with Gasteiger partial charge in [0.1, 0.15) is 0 Å². The van der Waals surface area contributed by atoms with Crippen molar-refractivity contribution in [3.63, 3.8) is 0 Å². The number of alkyl halides is 2. The van der Waals surface area contributed by atoms with E-state index in [2.05, 4.69) is 11.3 Å². The second-order valence-corrected chi connectivity index (χ2v) is 3.57. The fraction of sp³-hybridized carbons (Fsp3) is 0.667.